The summed E-state index contributed by atoms with van der Waals surface area (Å²) >= 11 is 0. The number of nitrogens with zero attached hydrogens (tertiary/aromatic N) is 1. The summed E-state index contributed by atoms with van der Waals surface area (Å²) < 4.78 is 20.1. The first-order valence-corrected chi connectivity index (χ1v) is 4.48. The van der Waals surface area contributed by atoms with Crippen LogP contribution in [-0.4, -0.2) is 32.8 Å². The Balaban J connectivity index is 2.73. The Bertz CT molecular complexity index is 303. The van der Waals surface area contributed by atoms with Gasteiger partial charge >= 0.3 is 0 Å². The molecule has 1 aromatic heterocycles. The monoisotopic (exact) mass is 213 g/mol. The lowest BCUT2D eigenvalue weighted by Gasteiger charge is -2.10. The number of rotatable bonds is 6. The summed E-state index contributed by atoms with van der Waals surface area (Å²) in [5.41, 5.74) is 0.992. The van der Waals surface area contributed by atoms with Crippen molar-refractivity contribution in [3.05, 3.63) is 17.8 Å². The summed E-state index contributed by atoms with van der Waals surface area (Å²) in [6.45, 7) is 2.22. The number of hydrogen-bond acceptors (Lipinski definition) is 5. The first kappa shape index (κ1) is 11.7. The van der Waals surface area contributed by atoms with E-state index in [-0.39, 0.29) is 13.6 Å². The van der Waals surface area contributed by atoms with Gasteiger partial charge in [-0.2, -0.15) is 0 Å². The van der Waals surface area contributed by atoms with Gasteiger partial charge in [0.25, 0.3) is 5.88 Å². The maximum absolute atomic E-state index is 5.30. The third-order valence-corrected chi connectivity index (χ3v) is 1.60. The smallest absolute Gasteiger partial charge is 0.259 e. The Morgan fingerprint density at radius 3 is 2.47 bits per heavy atom. The van der Waals surface area contributed by atoms with Crippen LogP contribution in [0.15, 0.2) is 12.3 Å². The van der Waals surface area contributed by atoms with Crippen LogP contribution in [0.25, 0.3) is 0 Å². The molecule has 0 fully saturated rings. The highest BCUT2D eigenvalue weighted by molar-refractivity contribution is 5.35. The maximum atomic E-state index is 5.30. The van der Waals surface area contributed by atoms with Gasteiger partial charge in [0.15, 0.2) is 19.3 Å². The number of pyridine rings is 1. The molecule has 15 heavy (non-hydrogen) atoms. The summed E-state index contributed by atoms with van der Waals surface area (Å²) in [7, 11) is 3.10. The molecule has 0 aromatic carbocycles. The van der Waals surface area contributed by atoms with Crippen LogP contribution in [0.2, 0.25) is 0 Å². The number of aromatic nitrogens is 1. The summed E-state index contributed by atoms with van der Waals surface area (Å²) in [5, 5.41) is 0. The van der Waals surface area contributed by atoms with E-state index in [0.717, 1.165) is 5.56 Å². The zero-order valence-corrected chi connectivity index (χ0v) is 9.15. The van der Waals surface area contributed by atoms with E-state index in [1.807, 2.05) is 13.0 Å². The molecule has 0 aliphatic heterocycles. The molecule has 5 heteroatoms. The van der Waals surface area contributed by atoms with E-state index in [9.17, 15) is 0 Å². The maximum Gasteiger partial charge on any atom is 0.259 e. The lowest BCUT2D eigenvalue weighted by atomic mass is 10.3. The molecule has 1 aromatic rings. The van der Waals surface area contributed by atoms with Gasteiger partial charge in [0, 0.05) is 20.4 Å². The second-order valence-corrected chi connectivity index (χ2v) is 2.92. The fourth-order valence-corrected chi connectivity index (χ4v) is 0.979. The van der Waals surface area contributed by atoms with Crippen molar-refractivity contribution in [3.63, 3.8) is 0 Å². The molecule has 0 amide bonds. The van der Waals surface area contributed by atoms with Gasteiger partial charge in [0.1, 0.15) is 0 Å². The van der Waals surface area contributed by atoms with E-state index < -0.39 is 0 Å². The van der Waals surface area contributed by atoms with E-state index in [1.165, 1.54) is 0 Å². The summed E-state index contributed by atoms with van der Waals surface area (Å²) in [6, 6.07) is 1.83. The lowest BCUT2D eigenvalue weighted by Crippen LogP contribution is -2.05. The number of aryl methyl sites for hydroxylation is 1. The van der Waals surface area contributed by atoms with Crippen molar-refractivity contribution in [1.29, 1.82) is 0 Å². The summed E-state index contributed by atoms with van der Waals surface area (Å²) in [4.78, 5) is 4.09. The molecule has 5 nitrogen and oxygen atoms in total. The third kappa shape index (κ3) is 3.73. The van der Waals surface area contributed by atoms with Crippen LogP contribution in [0.1, 0.15) is 5.56 Å². The van der Waals surface area contributed by atoms with Gasteiger partial charge < -0.3 is 18.9 Å². The molecular weight excluding hydrogens is 198 g/mol. The molecule has 0 aliphatic carbocycles. The van der Waals surface area contributed by atoms with E-state index in [2.05, 4.69) is 4.98 Å². The fourth-order valence-electron chi connectivity index (χ4n) is 0.979. The number of hydrogen-bond donors (Lipinski definition) is 0. The van der Waals surface area contributed by atoms with E-state index in [0.29, 0.717) is 11.6 Å². The first-order chi connectivity index (χ1) is 7.27. The van der Waals surface area contributed by atoms with Gasteiger partial charge in [-0.25, -0.2) is 4.98 Å². The SMILES string of the molecule is COCOc1cc(C)cnc1OCOC. The van der Waals surface area contributed by atoms with E-state index in [1.54, 1.807) is 20.4 Å². The molecule has 1 rings (SSSR count). The molecule has 0 spiro atoms. The Kier molecular flexibility index (Phi) is 4.86. The zero-order chi connectivity index (χ0) is 11.1. The highest BCUT2D eigenvalue weighted by Crippen LogP contribution is 2.25. The highest BCUT2D eigenvalue weighted by Gasteiger charge is 2.06. The van der Waals surface area contributed by atoms with Crippen LogP contribution in [0, 0.1) is 6.92 Å². The molecule has 0 radical (unpaired) electrons. The summed E-state index contributed by atoms with van der Waals surface area (Å²) in [5.74, 6) is 0.952. The largest absolute Gasteiger partial charge is 0.462 e. The van der Waals surface area contributed by atoms with Crippen LogP contribution < -0.4 is 9.47 Å². The van der Waals surface area contributed by atoms with Crippen molar-refractivity contribution in [2.45, 2.75) is 6.92 Å². The van der Waals surface area contributed by atoms with Crippen LogP contribution in [0.4, 0.5) is 0 Å². The molecule has 84 valence electrons. The first-order valence-electron chi connectivity index (χ1n) is 4.48. The number of methoxy groups -OCH3 is 2. The minimum absolute atomic E-state index is 0.138. The molecule has 0 bridgehead atoms. The molecule has 0 unspecified atom stereocenters. The van der Waals surface area contributed by atoms with Crippen LogP contribution in [0.3, 0.4) is 0 Å². The Hall–Kier alpha value is -1.33. The Labute approximate surface area is 88.9 Å². The van der Waals surface area contributed by atoms with Crippen molar-refractivity contribution in [2.24, 2.45) is 0 Å². The molecule has 0 saturated heterocycles. The third-order valence-electron chi connectivity index (χ3n) is 1.60. The average molecular weight is 213 g/mol. The van der Waals surface area contributed by atoms with Crippen molar-refractivity contribution in [3.8, 4) is 11.6 Å². The van der Waals surface area contributed by atoms with Gasteiger partial charge in [-0.15, -0.1) is 0 Å². The fraction of sp³-hybridized carbons (Fsp3) is 0.500. The van der Waals surface area contributed by atoms with Crippen LogP contribution in [0.5, 0.6) is 11.6 Å². The van der Waals surface area contributed by atoms with Gasteiger partial charge in [-0.1, -0.05) is 0 Å². The topological polar surface area (TPSA) is 49.8 Å². The van der Waals surface area contributed by atoms with Crippen LogP contribution >= 0.6 is 0 Å². The van der Waals surface area contributed by atoms with Gasteiger partial charge in [0.05, 0.1) is 0 Å². The van der Waals surface area contributed by atoms with E-state index in [4.69, 9.17) is 18.9 Å². The molecule has 0 aliphatic rings. The number of ether oxygens (including phenoxy) is 4. The van der Waals surface area contributed by atoms with Crippen molar-refractivity contribution in [2.75, 3.05) is 27.8 Å². The predicted molar refractivity (Wildman–Crippen MR) is 54.0 cm³/mol. The predicted octanol–water partition coefficient (Wildman–Crippen LogP) is 1.36. The van der Waals surface area contributed by atoms with Gasteiger partial charge in [-0.05, 0) is 18.6 Å². The lowest BCUT2D eigenvalue weighted by molar-refractivity contribution is 0.0295. The quantitative estimate of drug-likeness (QED) is 0.668. The normalized spacial score (nSPS) is 10.1. The van der Waals surface area contributed by atoms with Crippen molar-refractivity contribution >= 4 is 0 Å². The molecule has 1 heterocycles. The Morgan fingerprint density at radius 1 is 1.13 bits per heavy atom. The molecular formula is C10H15NO4. The average Bonchev–Trinajstić information content (AvgIpc) is 2.25. The second-order valence-electron chi connectivity index (χ2n) is 2.92. The van der Waals surface area contributed by atoms with Crippen LogP contribution in [-0.2, 0) is 9.47 Å². The minimum Gasteiger partial charge on any atom is -0.462 e. The zero-order valence-electron chi connectivity index (χ0n) is 9.15. The van der Waals surface area contributed by atoms with Gasteiger partial charge in [-0.3, -0.25) is 0 Å². The summed E-state index contributed by atoms with van der Waals surface area (Å²) in [6.07, 6.45) is 1.70. The second kappa shape index (κ2) is 6.21. The molecule has 0 atom stereocenters. The van der Waals surface area contributed by atoms with E-state index >= 15 is 0 Å². The van der Waals surface area contributed by atoms with Gasteiger partial charge in [0.2, 0.25) is 0 Å². The molecule has 0 N–H and O–H groups in total. The van der Waals surface area contributed by atoms with Crippen molar-refractivity contribution in [1.82, 2.24) is 4.98 Å². The molecule has 0 saturated carbocycles. The standard InChI is InChI=1S/C10H15NO4/c1-8-4-9(14-6-12-2)10(11-5-8)15-7-13-3/h4-5H,6-7H2,1-3H3. The Morgan fingerprint density at radius 2 is 1.80 bits per heavy atom. The van der Waals surface area contributed by atoms with Crippen molar-refractivity contribution < 1.29 is 18.9 Å². The minimum atomic E-state index is 0.138. The highest BCUT2D eigenvalue weighted by atomic mass is 16.7.